The first-order chi connectivity index (χ1) is 7.19. The molecular formula is C12H19ClN2. The lowest BCUT2D eigenvalue weighted by Crippen LogP contribution is -2.20. The van der Waals surface area contributed by atoms with E-state index in [1.165, 1.54) is 18.4 Å². The number of unbranched alkanes of at least 4 members (excludes halogenated alkanes) is 1. The Kier molecular flexibility index (Phi) is 4.89. The molecule has 0 N–H and O–H groups in total. The third kappa shape index (κ3) is 3.38. The lowest BCUT2D eigenvalue weighted by molar-refractivity contribution is 0.757. The van der Waals surface area contributed by atoms with Gasteiger partial charge in [-0.05, 0) is 30.5 Å². The average molecular weight is 227 g/mol. The van der Waals surface area contributed by atoms with E-state index < -0.39 is 0 Å². The van der Waals surface area contributed by atoms with E-state index in [9.17, 15) is 0 Å². The Labute approximate surface area is 97.3 Å². The van der Waals surface area contributed by atoms with Gasteiger partial charge in [0.2, 0.25) is 0 Å². The van der Waals surface area contributed by atoms with Crippen LogP contribution in [-0.4, -0.2) is 18.6 Å². The van der Waals surface area contributed by atoms with Crippen molar-refractivity contribution < 1.29 is 0 Å². The Morgan fingerprint density at radius 3 is 2.73 bits per heavy atom. The Balaban J connectivity index is 2.76. The summed E-state index contributed by atoms with van der Waals surface area (Å²) in [6.07, 6.45) is 4.27. The Morgan fingerprint density at radius 2 is 2.20 bits per heavy atom. The average Bonchev–Trinajstić information content (AvgIpc) is 2.25. The number of hydrogen-bond acceptors (Lipinski definition) is 2. The number of aryl methyl sites for hydroxylation is 1. The van der Waals surface area contributed by atoms with Crippen LogP contribution in [0.4, 0.5) is 5.82 Å². The number of hydrogen-bond donors (Lipinski definition) is 0. The van der Waals surface area contributed by atoms with E-state index in [-0.39, 0.29) is 0 Å². The lowest BCUT2D eigenvalue weighted by Gasteiger charge is -2.20. The van der Waals surface area contributed by atoms with Gasteiger partial charge in [0.1, 0.15) is 5.82 Å². The minimum atomic E-state index is 0.535. The molecule has 0 spiro atoms. The van der Waals surface area contributed by atoms with Crippen LogP contribution in [0.2, 0.25) is 0 Å². The third-order valence-electron chi connectivity index (χ3n) is 2.47. The van der Waals surface area contributed by atoms with Crippen molar-refractivity contribution in [2.24, 2.45) is 0 Å². The van der Waals surface area contributed by atoms with Crippen molar-refractivity contribution in [1.82, 2.24) is 4.98 Å². The summed E-state index contributed by atoms with van der Waals surface area (Å²) >= 11 is 5.76. The van der Waals surface area contributed by atoms with Crippen molar-refractivity contribution in [3.63, 3.8) is 0 Å². The maximum Gasteiger partial charge on any atom is 0.131 e. The Hall–Kier alpha value is -0.760. The van der Waals surface area contributed by atoms with E-state index in [1.807, 2.05) is 6.20 Å². The standard InChI is InChI=1S/C12H19ClN2/c1-4-5-6-15(3)12-10(2)7-11(8-13)9-14-12/h7,9H,4-6,8H2,1-3H3. The van der Waals surface area contributed by atoms with Crippen LogP contribution in [0.5, 0.6) is 0 Å². The summed E-state index contributed by atoms with van der Waals surface area (Å²) in [5.41, 5.74) is 2.29. The highest BCUT2D eigenvalue weighted by molar-refractivity contribution is 6.17. The molecule has 2 nitrogen and oxygen atoms in total. The first kappa shape index (κ1) is 12.3. The first-order valence-corrected chi connectivity index (χ1v) is 5.95. The SMILES string of the molecule is CCCCN(C)c1ncc(CCl)cc1C. The van der Waals surface area contributed by atoms with E-state index in [0.29, 0.717) is 5.88 Å². The van der Waals surface area contributed by atoms with Crippen LogP contribution in [0.1, 0.15) is 30.9 Å². The molecule has 3 heteroatoms. The fourth-order valence-corrected chi connectivity index (χ4v) is 1.75. The second-order valence-electron chi connectivity index (χ2n) is 3.89. The number of anilines is 1. The highest BCUT2D eigenvalue weighted by Gasteiger charge is 2.06. The summed E-state index contributed by atoms with van der Waals surface area (Å²) < 4.78 is 0. The molecule has 0 unspecified atom stereocenters. The molecule has 0 saturated heterocycles. The van der Waals surface area contributed by atoms with Crippen molar-refractivity contribution in [3.8, 4) is 0 Å². The number of rotatable bonds is 5. The maximum atomic E-state index is 5.76. The maximum absolute atomic E-state index is 5.76. The van der Waals surface area contributed by atoms with E-state index in [4.69, 9.17) is 11.6 Å². The summed E-state index contributed by atoms with van der Waals surface area (Å²) in [4.78, 5) is 6.65. The van der Waals surface area contributed by atoms with Gasteiger partial charge in [-0.15, -0.1) is 11.6 Å². The van der Waals surface area contributed by atoms with Gasteiger partial charge in [-0.25, -0.2) is 4.98 Å². The van der Waals surface area contributed by atoms with Crippen LogP contribution in [0.15, 0.2) is 12.3 Å². The Morgan fingerprint density at radius 1 is 1.47 bits per heavy atom. The molecule has 0 radical (unpaired) electrons. The predicted octanol–water partition coefficient (Wildman–Crippen LogP) is 3.37. The molecule has 0 aliphatic heterocycles. The van der Waals surface area contributed by atoms with Crippen LogP contribution < -0.4 is 4.90 Å². The molecule has 1 aromatic rings. The molecule has 0 fully saturated rings. The molecule has 1 heterocycles. The summed E-state index contributed by atoms with van der Waals surface area (Å²) in [5.74, 6) is 1.60. The van der Waals surface area contributed by atoms with Crippen LogP contribution >= 0.6 is 11.6 Å². The topological polar surface area (TPSA) is 16.1 Å². The smallest absolute Gasteiger partial charge is 0.131 e. The number of halogens is 1. The summed E-state index contributed by atoms with van der Waals surface area (Å²) in [6.45, 7) is 5.34. The Bertz CT molecular complexity index is 312. The van der Waals surface area contributed by atoms with Crippen LogP contribution in [-0.2, 0) is 5.88 Å². The number of aromatic nitrogens is 1. The molecule has 0 aliphatic rings. The quantitative estimate of drug-likeness (QED) is 0.716. The monoisotopic (exact) mass is 226 g/mol. The molecule has 1 aromatic heterocycles. The van der Waals surface area contributed by atoms with Gasteiger partial charge in [0.25, 0.3) is 0 Å². The molecule has 0 aromatic carbocycles. The van der Waals surface area contributed by atoms with Gasteiger partial charge in [-0.1, -0.05) is 13.3 Å². The van der Waals surface area contributed by atoms with Gasteiger partial charge >= 0.3 is 0 Å². The highest BCUT2D eigenvalue weighted by atomic mass is 35.5. The van der Waals surface area contributed by atoms with Gasteiger partial charge in [-0.3, -0.25) is 0 Å². The molecule has 15 heavy (non-hydrogen) atoms. The van der Waals surface area contributed by atoms with Gasteiger partial charge in [0.05, 0.1) is 0 Å². The zero-order valence-electron chi connectivity index (χ0n) is 9.76. The van der Waals surface area contributed by atoms with E-state index in [2.05, 4.69) is 36.8 Å². The minimum Gasteiger partial charge on any atom is -0.359 e. The van der Waals surface area contributed by atoms with Crippen LogP contribution in [0.3, 0.4) is 0 Å². The predicted molar refractivity (Wildman–Crippen MR) is 66.7 cm³/mol. The molecule has 0 saturated carbocycles. The van der Waals surface area contributed by atoms with Gasteiger partial charge < -0.3 is 4.90 Å². The van der Waals surface area contributed by atoms with E-state index >= 15 is 0 Å². The molecule has 0 atom stereocenters. The minimum absolute atomic E-state index is 0.535. The van der Waals surface area contributed by atoms with Crippen LogP contribution in [0, 0.1) is 6.92 Å². The zero-order chi connectivity index (χ0) is 11.3. The molecule has 0 bridgehead atoms. The van der Waals surface area contributed by atoms with Crippen LogP contribution in [0.25, 0.3) is 0 Å². The molecule has 1 rings (SSSR count). The first-order valence-electron chi connectivity index (χ1n) is 5.41. The van der Waals surface area contributed by atoms with E-state index in [1.54, 1.807) is 0 Å². The lowest BCUT2D eigenvalue weighted by atomic mass is 10.2. The molecule has 0 amide bonds. The summed E-state index contributed by atoms with van der Waals surface area (Å²) in [5, 5.41) is 0. The fourth-order valence-electron chi connectivity index (χ4n) is 1.60. The third-order valence-corrected chi connectivity index (χ3v) is 2.78. The van der Waals surface area contributed by atoms with Crippen molar-refractivity contribution in [2.75, 3.05) is 18.5 Å². The van der Waals surface area contributed by atoms with Gasteiger partial charge in [0.15, 0.2) is 0 Å². The van der Waals surface area contributed by atoms with Crippen molar-refractivity contribution in [2.45, 2.75) is 32.6 Å². The van der Waals surface area contributed by atoms with Crippen molar-refractivity contribution >= 4 is 17.4 Å². The summed E-state index contributed by atoms with van der Waals surface area (Å²) in [7, 11) is 2.09. The molecular weight excluding hydrogens is 208 g/mol. The molecule has 0 aliphatic carbocycles. The second-order valence-corrected chi connectivity index (χ2v) is 4.16. The van der Waals surface area contributed by atoms with Gasteiger partial charge in [-0.2, -0.15) is 0 Å². The fraction of sp³-hybridized carbons (Fsp3) is 0.583. The molecule has 84 valence electrons. The van der Waals surface area contributed by atoms with Crippen molar-refractivity contribution in [3.05, 3.63) is 23.4 Å². The zero-order valence-corrected chi connectivity index (χ0v) is 10.5. The van der Waals surface area contributed by atoms with Gasteiger partial charge in [0, 0.05) is 25.7 Å². The highest BCUT2D eigenvalue weighted by Crippen LogP contribution is 2.17. The number of nitrogens with zero attached hydrogens (tertiary/aromatic N) is 2. The van der Waals surface area contributed by atoms with E-state index in [0.717, 1.165) is 17.9 Å². The normalized spacial score (nSPS) is 10.4. The number of alkyl halides is 1. The summed E-state index contributed by atoms with van der Waals surface area (Å²) in [6, 6.07) is 2.11. The van der Waals surface area contributed by atoms with Crippen molar-refractivity contribution in [1.29, 1.82) is 0 Å². The second kappa shape index (κ2) is 5.96. The number of pyridine rings is 1. The largest absolute Gasteiger partial charge is 0.359 e.